The first kappa shape index (κ1) is 19.3. The van der Waals surface area contributed by atoms with E-state index in [0.29, 0.717) is 38.2 Å². The van der Waals surface area contributed by atoms with Crippen molar-refractivity contribution in [1.82, 2.24) is 15.5 Å². The standard InChI is InChI=1S/C22H24N4O3/c23-10-14-4-1-2-5-15(14)11-24-12-16-6-3-7-17-18(16)13-26(22(17)29)19-8-9-20(27)25-21(19)28/h1-7,19,24H,8-13,23H2,(H,25,27,28). The summed E-state index contributed by atoms with van der Waals surface area (Å²) in [5.41, 5.74) is 10.7. The number of benzene rings is 2. The molecule has 1 unspecified atom stereocenters. The monoisotopic (exact) mass is 392 g/mol. The average molecular weight is 392 g/mol. The van der Waals surface area contributed by atoms with Gasteiger partial charge in [0.1, 0.15) is 6.04 Å². The van der Waals surface area contributed by atoms with E-state index in [2.05, 4.69) is 16.7 Å². The number of amides is 3. The molecule has 29 heavy (non-hydrogen) atoms. The van der Waals surface area contributed by atoms with Gasteiger partial charge in [0, 0.05) is 38.2 Å². The normalized spacial score (nSPS) is 18.7. The summed E-state index contributed by atoms with van der Waals surface area (Å²) in [7, 11) is 0. The fourth-order valence-electron chi connectivity index (χ4n) is 4.08. The van der Waals surface area contributed by atoms with E-state index in [0.717, 1.165) is 22.3 Å². The van der Waals surface area contributed by atoms with Gasteiger partial charge in [-0.1, -0.05) is 36.4 Å². The summed E-state index contributed by atoms with van der Waals surface area (Å²) in [5.74, 6) is -0.816. The van der Waals surface area contributed by atoms with Crippen LogP contribution in [0.25, 0.3) is 0 Å². The first-order valence-electron chi connectivity index (χ1n) is 9.81. The van der Waals surface area contributed by atoms with Crippen molar-refractivity contribution in [3.8, 4) is 0 Å². The Labute approximate surface area is 169 Å². The fraction of sp³-hybridized carbons (Fsp3) is 0.318. The van der Waals surface area contributed by atoms with Crippen LogP contribution in [0.4, 0.5) is 0 Å². The molecule has 4 rings (SSSR count). The molecule has 2 aromatic carbocycles. The molecule has 2 aliphatic rings. The van der Waals surface area contributed by atoms with E-state index in [1.807, 2.05) is 30.3 Å². The Bertz CT molecular complexity index is 972. The molecule has 2 aromatic rings. The lowest BCUT2D eigenvalue weighted by Crippen LogP contribution is -2.52. The third-order valence-electron chi connectivity index (χ3n) is 5.65. The smallest absolute Gasteiger partial charge is 0.255 e. The van der Waals surface area contributed by atoms with E-state index < -0.39 is 6.04 Å². The second-order valence-electron chi connectivity index (χ2n) is 7.42. The minimum Gasteiger partial charge on any atom is -0.326 e. The number of nitrogens with two attached hydrogens (primary N) is 1. The van der Waals surface area contributed by atoms with Gasteiger partial charge in [-0.2, -0.15) is 0 Å². The Morgan fingerprint density at radius 3 is 2.48 bits per heavy atom. The Hall–Kier alpha value is -3.03. The van der Waals surface area contributed by atoms with Crippen LogP contribution in [-0.2, 0) is 35.8 Å². The molecule has 150 valence electrons. The maximum atomic E-state index is 12.9. The molecule has 1 atom stereocenters. The number of hydrogen-bond acceptors (Lipinski definition) is 5. The molecule has 1 fully saturated rings. The van der Waals surface area contributed by atoms with Crippen LogP contribution in [-0.4, -0.2) is 28.7 Å². The third kappa shape index (κ3) is 3.79. The number of imide groups is 1. The predicted octanol–water partition coefficient (Wildman–Crippen LogP) is 1.20. The average Bonchev–Trinajstić information content (AvgIpc) is 3.06. The summed E-state index contributed by atoms with van der Waals surface area (Å²) in [5, 5.41) is 5.77. The molecule has 3 amide bonds. The van der Waals surface area contributed by atoms with Crippen LogP contribution in [0.1, 0.15) is 45.5 Å². The van der Waals surface area contributed by atoms with Gasteiger partial charge >= 0.3 is 0 Å². The van der Waals surface area contributed by atoms with Crippen molar-refractivity contribution in [1.29, 1.82) is 0 Å². The number of piperidine rings is 1. The van der Waals surface area contributed by atoms with E-state index in [4.69, 9.17) is 5.73 Å². The zero-order chi connectivity index (χ0) is 20.4. The molecule has 0 radical (unpaired) electrons. The molecule has 1 saturated heterocycles. The van der Waals surface area contributed by atoms with E-state index in [1.165, 1.54) is 0 Å². The molecule has 7 heteroatoms. The zero-order valence-corrected chi connectivity index (χ0v) is 16.1. The summed E-state index contributed by atoms with van der Waals surface area (Å²) >= 11 is 0. The highest BCUT2D eigenvalue weighted by Crippen LogP contribution is 2.29. The second-order valence-corrected chi connectivity index (χ2v) is 7.42. The van der Waals surface area contributed by atoms with E-state index in [-0.39, 0.29) is 24.1 Å². The van der Waals surface area contributed by atoms with Gasteiger partial charge in [-0.15, -0.1) is 0 Å². The molecular weight excluding hydrogens is 368 g/mol. The van der Waals surface area contributed by atoms with E-state index in [1.54, 1.807) is 11.0 Å². The second kappa shape index (κ2) is 8.14. The quantitative estimate of drug-likeness (QED) is 0.641. The van der Waals surface area contributed by atoms with Gasteiger partial charge in [0.2, 0.25) is 11.8 Å². The van der Waals surface area contributed by atoms with Gasteiger partial charge < -0.3 is 16.0 Å². The molecule has 0 aliphatic carbocycles. The molecule has 2 heterocycles. The van der Waals surface area contributed by atoms with Gasteiger partial charge in [0.05, 0.1) is 0 Å². The Kier molecular flexibility index (Phi) is 5.42. The highest BCUT2D eigenvalue weighted by atomic mass is 16.2. The van der Waals surface area contributed by atoms with E-state index in [9.17, 15) is 14.4 Å². The number of hydrogen-bond donors (Lipinski definition) is 3. The number of nitrogens with one attached hydrogen (secondary N) is 2. The van der Waals surface area contributed by atoms with Crippen molar-refractivity contribution < 1.29 is 14.4 Å². The lowest BCUT2D eigenvalue weighted by Gasteiger charge is -2.29. The van der Waals surface area contributed by atoms with Crippen LogP contribution in [0.2, 0.25) is 0 Å². The van der Waals surface area contributed by atoms with Crippen LogP contribution in [0, 0.1) is 0 Å². The summed E-state index contributed by atoms with van der Waals surface area (Å²) in [4.78, 5) is 38.1. The molecule has 0 aromatic heterocycles. The topological polar surface area (TPSA) is 105 Å². The van der Waals surface area contributed by atoms with Gasteiger partial charge in [0.15, 0.2) is 0 Å². The number of carbonyl (C=O) groups is 3. The zero-order valence-electron chi connectivity index (χ0n) is 16.1. The lowest BCUT2D eigenvalue weighted by atomic mass is 10.0. The Balaban J connectivity index is 1.47. The van der Waals surface area contributed by atoms with Crippen LogP contribution >= 0.6 is 0 Å². The van der Waals surface area contributed by atoms with Gasteiger partial charge in [-0.3, -0.25) is 19.7 Å². The highest BCUT2D eigenvalue weighted by Gasteiger charge is 2.39. The SMILES string of the molecule is NCc1ccccc1CNCc1cccc2c1CN(C1CCC(=O)NC1=O)C2=O. The van der Waals surface area contributed by atoms with Gasteiger partial charge in [0.25, 0.3) is 5.91 Å². The van der Waals surface area contributed by atoms with Crippen LogP contribution in [0.15, 0.2) is 42.5 Å². The molecule has 4 N–H and O–H groups in total. The lowest BCUT2D eigenvalue weighted by molar-refractivity contribution is -0.136. The summed E-state index contributed by atoms with van der Waals surface area (Å²) in [6, 6.07) is 13.1. The third-order valence-corrected chi connectivity index (χ3v) is 5.65. The van der Waals surface area contributed by atoms with Crippen molar-refractivity contribution >= 4 is 17.7 Å². The van der Waals surface area contributed by atoms with Crippen molar-refractivity contribution in [3.05, 3.63) is 70.3 Å². The van der Waals surface area contributed by atoms with Crippen molar-refractivity contribution in [2.45, 2.75) is 45.1 Å². The molecule has 0 saturated carbocycles. The Morgan fingerprint density at radius 2 is 1.72 bits per heavy atom. The first-order chi connectivity index (χ1) is 14.1. The molecule has 0 bridgehead atoms. The van der Waals surface area contributed by atoms with Crippen LogP contribution < -0.4 is 16.4 Å². The first-order valence-corrected chi connectivity index (χ1v) is 9.81. The molecule has 2 aliphatic heterocycles. The van der Waals surface area contributed by atoms with Crippen molar-refractivity contribution in [2.24, 2.45) is 5.73 Å². The minimum atomic E-state index is -0.593. The number of rotatable bonds is 6. The van der Waals surface area contributed by atoms with Crippen LogP contribution in [0.3, 0.4) is 0 Å². The number of nitrogens with zero attached hydrogens (tertiary/aromatic N) is 1. The maximum absolute atomic E-state index is 12.9. The predicted molar refractivity (Wildman–Crippen MR) is 107 cm³/mol. The fourth-order valence-corrected chi connectivity index (χ4v) is 4.08. The van der Waals surface area contributed by atoms with Crippen molar-refractivity contribution in [3.63, 3.8) is 0 Å². The highest BCUT2D eigenvalue weighted by molar-refractivity contribution is 6.05. The number of carbonyl (C=O) groups excluding carboxylic acids is 3. The molecule has 0 spiro atoms. The Morgan fingerprint density at radius 1 is 1.00 bits per heavy atom. The van der Waals surface area contributed by atoms with E-state index >= 15 is 0 Å². The minimum absolute atomic E-state index is 0.148. The summed E-state index contributed by atoms with van der Waals surface area (Å²) in [6.45, 7) is 2.17. The molecular formula is C22H24N4O3. The summed E-state index contributed by atoms with van der Waals surface area (Å²) < 4.78 is 0. The van der Waals surface area contributed by atoms with Crippen molar-refractivity contribution in [2.75, 3.05) is 0 Å². The van der Waals surface area contributed by atoms with Gasteiger partial charge in [-0.05, 0) is 34.7 Å². The number of fused-ring (bicyclic) bond motifs is 1. The van der Waals surface area contributed by atoms with Crippen LogP contribution in [0.5, 0.6) is 0 Å². The maximum Gasteiger partial charge on any atom is 0.255 e. The largest absolute Gasteiger partial charge is 0.326 e. The molecule has 7 nitrogen and oxygen atoms in total. The van der Waals surface area contributed by atoms with Gasteiger partial charge in [-0.25, -0.2) is 0 Å². The summed E-state index contributed by atoms with van der Waals surface area (Å²) in [6.07, 6.45) is 0.624.